The fourth-order valence-electron chi connectivity index (χ4n) is 3.80. The molecule has 0 fully saturated rings. The lowest BCUT2D eigenvalue weighted by atomic mass is 9.82. The number of para-hydroxylation sites is 1. The van der Waals surface area contributed by atoms with Gasteiger partial charge in [0.15, 0.2) is 0 Å². The van der Waals surface area contributed by atoms with Crippen LogP contribution in [0.5, 0.6) is 17.2 Å². The first-order valence-corrected chi connectivity index (χ1v) is 8.93. The van der Waals surface area contributed by atoms with Crippen LogP contribution in [0.3, 0.4) is 0 Å². The molecule has 146 valence electrons. The maximum absolute atomic E-state index is 13.4. The molecule has 0 unspecified atom stereocenters. The molecule has 1 atom stereocenters. The molecule has 2 heterocycles. The van der Waals surface area contributed by atoms with Gasteiger partial charge in [-0.25, -0.2) is 0 Å². The van der Waals surface area contributed by atoms with Crippen LogP contribution in [0.25, 0.3) is 10.9 Å². The van der Waals surface area contributed by atoms with E-state index in [4.69, 9.17) is 19.9 Å². The average Bonchev–Trinajstić information content (AvgIpc) is 2.76. The molecule has 2 aromatic carbocycles. The second kappa shape index (κ2) is 6.91. The summed E-state index contributed by atoms with van der Waals surface area (Å²) in [5, 5.41) is 10.6. The van der Waals surface area contributed by atoms with Crippen LogP contribution in [0.1, 0.15) is 17.0 Å². The second-order valence-electron chi connectivity index (χ2n) is 6.66. The third-order valence-electron chi connectivity index (χ3n) is 5.21. The molecule has 7 nitrogen and oxygen atoms in total. The highest BCUT2D eigenvalue weighted by molar-refractivity contribution is 5.88. The predicted molar refractivity (Wildman–Crippen MR) is 108 cm³/mol. The quantitative estimate of drug-likeness (QED) is 0.739. The van der Waals surface area contributed by atoms with Gasteiger partial charge in [0.1, 0.15) is 28.9 Å². The van der Waals surface area contributed by atoms with Gasteiger partial charge in [-0.1, -0.05) is 12.1 Å². The zero-order valence-corrected chi connectivity index (χ0v) is 16.2. The summed E-state index contributed by atoms with van der Waals surface area (Å²) >= 11 is 0. The van der Waals surface area contributed by atoms with Crippen LogP contribution in [0.15, 0.2) is 58.7 Å². The minimum absolute atomic E-state index is 0.0340. The molecule has 0 saturated heterocycles. The topological polar surface area (TPSA) is 99.5 Å². The van der Waals surface area contributed by atoms with E-state index in [2.05, 4.69) is 6.07 Å². The average molecular weight is 389 g/mol. The molecule has 0 spiro atoms. The fourth-order valence-corrected chi connectivity index (χ4v) is 3.80. The van der Waals surface area contributed by atoms with Crippen molar-refractivity contribution in [1.29, 1.82) is 5.26 Å². The molecule has 3 aromatic rings. The summed E-state index contributed by atoms with van der Waals surface area (Å²) in [5.41, 5.74) is 7.65. The minimum Gasteiger partial charge on any atom is -0.497 e. The number of allylic oxidation sites excluding steroid dienone is 1. The third kappa shape index (κ3) is 2.69. The normalized spacial score (nSPS) is 15.4. The molecule has 29 heavy (non-hydrogen) atoms. The monoisotopic (exact) mass is 389 g/mol. The van der Waals surface area contributed by atoms with Crippen molar-refractivity contribution in [1.82, 2.24) is 4.57 Å². The molecule has 1 aromatic heterocycles. The van der Waals surface area contributed by atoms with E-state index in [1.54, 1.807) is 36.9 Å². The number of hydrogen-bond donors (Lipinski definition) is 1. The molecule has 0 radical (unpaired) electrons. The zero-order valence-electron chi connectivity index (χ0n) is 16.2. The maximum Gasteiger partial charge on any atom is 0.258 e. The van der Waals surface area contributed by atoms with Crippen molar-refractivity contribution in [2.24, 2.45) is 12.8 Å². The van der Waals surface area contributed by atoms with Gasteiger partial charge in [0, 0.05) is 18.0 Å². The van der Waals surface area contributed by atoms with Crippen LogP contribution < -0.4 is 25.5 Å². The summed E-state index contributed by atoms with van der Waals surface area (Å²) in [5.74, 6) is 0.655. The van der Waals surface area contributed by atoms with E-state index in [9.17, 15) is 10.1 Å². The van der Waals surface area contributed by atoms with Gasteiger partial charge in [0.25, 0.3) is 5.56 Å². The molecular formula is C22H19N3O4. The summed E-state index contributed by atoms with van der Waals surface area (Å²) < 4.78 is 18.2. The van der Waals surface area contributed by atoms with Crippen LogP contribution in [-0.2, 0) is 7.05 Å². The van der Waals surface area contributed by atoms with Gasteiger partial charge >= 0.3 is 0 Å². The Morgan fingerprint density at radius 3 is 2.62 bits per heavy atom. The molecule has 4 rings (SSSR count). The molecular weight excluding hydrogens is 370 g/mol. The molecule has 7 heteroatoms. The minimum atomic E-state index is -0.753. The molecule has 0 saturated carbocycles. The Labute approximate surface area is 167 Å². The number of rotatable bonds is 3. The van der Waals surface area contributed by atoms with E-state index < -0.39 is 5.92 Å². The summed E-state index contributed by atoms with van der Waals surface area (Å²) in [4.78, 5) is 13.4. The molecule has 0 amide bonds. The number of nitrogens with zero attached hydrogens (tertiary/aromatic N) is 2. The first kappa shape index (κ1) is 18.4. The highest BCUT2D eigenvalue weighted by Crippen LogP contribution is 2.46. The first-order chi connectivity index (χ1) is 14.0. The lowest BCUT2D eigenvalue weighted by Crippen LogP contribution is -2.31. The highest BCUT2D eigenvalue weighted by atomic mass is 16.5. The number of aromatic nitrogens is 1. The second-order valence-corrected chi connectivity index (χ2v) is 6.66. The molecule has 2 N–H and O–H groups in total. The van der Waals surface area contributed by atoms with Crippen molar-refractivity contribution >= 4 is 10.9 Å². The van der Waals surface area contributed by atoms with Gasteiger partial charge < -0.3 is 24.5 Å². The summed E-state index contributed by atoms with van der Waals surface area (Å²) in [7, 11) is 4.77. The van der Waals surface area contributed by atoms with E-state index in [1.807, 2.05) is 24.3 Å². The Balaban J connectivity index is 2.14. The van der Waals surface area contributed by atoms with Gasteiger partial charge in [-0.2, -0.15) is 5.26 Å². The van der Waals surface area contributed by atoms with E-state index in [-0.39, 0.29) is 17.0 Å². The first-order valence-electron chi connectivity index (χ1n) is 8.93. The van der Waals surface area contributed by atoms with E-state index in [0.717, 1.165) is 5.39 Å². The predicted octanol–water partition coefficient (Wildman–Crippen LogP) is 2.77. The van der Waals surface area contributed by atoms with Crippen LogP contribution in [0.2, 0.25) is 0 Å². The van der Waals surface area contributed by atoms with Gasteiger partial charge in [-0.15, -0.1) is 0 Å². The molecule has 0 aliphatic carbocycles. The van der Waals surface area contributed by atoms with E-state index >= 15 is 0 Å². The fraction of sp³-hybridized carbons (Fsp3) is 0.182. The van der Waals surface area contributed by atoms with E-state index in [0.29, 0.717) is 33.9 Å². The molecule has 0 bridgehead atoms. The van der Waals surface area contributed by atoms with Crippen molar-refractivity contribution in [2.45, 2.75) is 5.92 Å². The van der Waals surface area contributed by atoms with Crippen LogP contribution in [0.4, 0.5) is 0 Å². The maximum atomic E-state index is 13.4. The number of aryl methyl sites for hydroxylation is 1. The van der Waals surface area contributed by atoms with Gasteiger partial charge in [-0.05, 0) is 30.3 Å². The van der Waals surface area contributed by atoms with Crippen molar-refractivity contribution in [3.63, 3.8) is 0 Å². The number of nitriles is 1. The lowest BCUT2D eigenvalue weighted by molar-refractivity contribution is 0.384. The number of methoxy groups -OCH3 is 2. The number of benzene rings is 2. The Morgan fingerprint density at radius 1 is 1.17 bits per heavy atom. The van der Waals surface area contributed by atoms with Crippen molar-refractivity contribution < 1.29 is 14.2 Å². The Hall–Kier alpha value is -3.92. The lowest BCUT2D eigenvalue weighted by Gasteiger charge is -2.28. The molecule has 1 aliphatic heterocycles. The third-order valence-corrected chi connectivity index (χ3v) is 5.21. The summed E-state index contributed by atoms with van der Waals surface area (Å²) in [6.07, 6.45) is 0. The number of nitrogens with two attached hydrogens (primary N) is 1. The number of hydrogen-bond acceptors (Lipinski definition) is 6. The number of fused-ring (bicyclic) bond motifs is 3. The van der Waals surface area contributed by atoms with Gasteiger partial charge in [0.2, 0.25) is 5.88 Å². The van der Waals surface area contributed by atoms with Crippen LogP contribution in [0, 0.1) is 11.3 Å². The smallest absolute Gasteiger partial charge is 0.258 e. The van der Waals surface area contributed by atoms with Crippen LogP contribution >= 0.6 is 0 Å². The largest absolute Gasteiger partial charge is 0.497 e. The number of pyridine rings is 1. The SMILES string of the molecule is COc1ccc(OC)c([C@@H]2C(C#N)=C(N)Oc3c2c(=O)n(C)c2ccccc32)c1. The van der Waals surface area contributed by atoms with Gasteiger partial charge in [-0.3, -0.25) is 4.79 Å². The Morgan fingerprint density at radius 2 is 1.93 bits per heavy atom. The summed E-state index contributed by atoms with van der Waals surface area (Å²) in [6, 6.07) is 14.7. The van der Waals surface area contributed by atoms with Crippen molar-refractivity contribution in [3.8, 4) is 23.3 Å². The standard InChI is InChI=1S/C22H19N3O4/c1-25-16-7-5-4-6-13(16)20-19(22(25)26)18(15(11-23)21(24)29-20)14-10-12(27-2)8-9-17(14)28-3/h4-10,18H,24H2,1-3H3/t18-/m1/s1. The molecule has 1 aliphatic rings. The van der Waals surface area contributed by atoms with Gasteiger partial charge in [0.05, 0.1) is 31.2 Å². The zero-order chi connectivity index (χ0) is 20.7. The van der Waals surface area contributed by atoms with Crippen molar-refractivity contribution in [2.75, 3.05) is 14.2 Å². The summed E-state index contributed by atoms with van der Waals surface area (Å²) in [6.45, 7) is 0. The Bertz CT molecular complexity index is 1270. The highest BCUT2D eigenvalue weighted by Gasteiger charge is 2.37. The Kier molecular flexibility index (Phi) is 4.40. The van der Waals surface area contributed by atoms with Crippen molar-refractivity contribution in [3.05, 3.63) is 75.4 Å². The number of ether oxygens (including phenoxy) is 3. The van der Waals surface area contributed by atoms with Crippen LogP contribution in [-0.4, -0.2) is 18.8 Å². The van der Waals surface area contributed by atoms with E-state index in [1.165, 1.54) is 7.11 Å².